The molecule has 36 heavy (non-hydrogen) atoms. The number of esters is 1. The summed E-state index contributed by atoms with van der Waals surface area (Å²) >= 11 is 4.89. The first-order valence-corrected chi connectivity index (χ1v) is 13.3. The Morgan fingerprint density at radius 1 is 1.11 bits per heavy atom. The van der Waals surface area contributed by atoms with Gasteiger partial charge in [0, 0.05) is 4.47 Å². The Morgan fingerprint density at radius 2 is 1.78 bits per heavy atom. The predicted octanol–water partition coefficient (Wildman–Crippen LogP) is 4.36. The summed E-state index contributed by atoms with van der Waals surface area (Å²) in [4.78, 5) is 31.9. The third-order valence-corrected chi connectivity index (χ3v) is 7.38. The number of thiazole rings is 1. The van der Waals surface area contributed by atoms with Gasteiger partial charge in [-0.15, -0.1) is 0 Å². The lowest BCUT2D eigenvalue weighted by atomic mass is 9.95. The lowest BCUT2D eigenvalue weighted by Gasteiger charge is -2.25. The van der Waals surface area contributed by atoms with Gasteiger partial charge in [0.25, 0.3) is 5.56 Å². The topological polar surface area (TPSA) is 79.1 Å². The molecule has 9 heteroatoms. The summed E-state index contributed by atoms with van der Waals surface area (Å²) in [6.07, 6.45) is 2.34. The number of hydrogen-bond acceptors (Lipinski definition) is 7. The molecule has 0 radical (unpaired) electrons. The molecule has 0 saturated carbocycles. The van der Waals surface area contributed by atoms with E-state index in [1.165, 1.54) is 18.4 Å². The van der Waals surface area contributed by atoms with Gasteiger partial charge in [-0.05, 0) is 49.6 Å². The maximum Gasteiger partial charge on any atom is 0.338 e. The van der Waals surface area contributed by atoms with Crippen molar-refractivity contribution in [1.82, 2.24) is 4.57 Å². The molecule has 188 valence electrons. The number of fused-ring (bicyclic) bond motifs is 1. The second-order valence-electron chi connectivity index (χ2n) is 7.89. The van der Waals surface area contributed by atoms with Crippen LogP contribution in [0.3, 0.4) is 0 Å². The Balaban J connectivity index is 1.95. The first kappa shape index (κ1) is 25.9. The van der Waals surface area contributed by atoms with Gasteiger partial charge in [-0.2, -0.15) is 0 Å². The average Bonchev–Trinajstić information content (AvgIpc) is 3.20. The lowest BCUT2D eigenvalue weighted by Crippen LogP contribution is -2.40. The Kier molecular flexibility index (Phi) is 8.11. The van der Waals surface area contributed by atoms with Crippen molar-refractivity contribution in [3.05, 3.63) is 89.0 Å². The minimum Gasteiger partial charge on any atom is -0.490 e. The molecule has 0 fully saturated rings. The van der Waals surface area contributed by atoms with Crippen LogP contribution in [0.25, 0.3) is 6.08 Å². The minimum absolute atomic E-state index is 0.233. The molecule has 0 bridgehead atoms. The van der Waals surface area contributed by atoms with Gasteiger partial charge in [-0.25, -0.2) is 9.79 Å². The molecule has 1 aromatic heterocycles. The van der Waals surface area contributed by atoms with Gasteiger partial charge in [-0.3, -0.25) is 9.36 Å². The molecule has 2 aromatic carbocycles. The van der Waals surface area contributed by atoms with E-state index < -0.39 is 12.0 Å². The number of rotatable bonds is 8. The summed E-state index contributed by atoms with van der Waals surface area (Å²) in [7, 11) is 1.34. The summed E-state index contributed by atoms with van der Waals surface area (Å²) in [5.41, 5.74) is 2.34. The van der Waals surface area contributed by atoms with Crippen LogP contribution in [0, 0.1) is 0 Å². The largest absolute Gasteiger partial charge is 0.490 e. The summed E-state index contributed by atoms with van der Waals surface area (Å²) in [6, 6.07) is 12.5. The number of halogens is 1. The van der Waals surface area contributed by atoms with E-state index in [4.69, 9.17) is 19.2 Å². The summed E-state index contributed by atoms with van der Waals surface area (Å²) < 4.78 is 19.4. The molecule has 1 aliphatic rings. The molecular formula is C27H27BrN2O5S. The molecule has 0 amide bonds. The number of benzene rings is 2. The van der Waals surface area contributed by atoms with Gasteiger partial charge in [0.1, 0.15) is 0 Å². The minimum atomic E-state index is -0.630. The van der Waals surface area contributed by atoms with Gasteiger partial charge in [-0.1, -0.05) is 64.5 Å². The Bertz CT molecular complexity index is 1490. The fourth-order valence-corrected chi connectivity index (χ4v) is 5.60. The Labute approximate surface area is 221 Å². The zero-order chi connectivity index (χ0) is 25.8. The number of ether oxygens (including phenoxy) is 3. The van der Waals surface area contributed by atoms with Crippen LogP contribution in [-0.4, -0.2) is 30.9 Å². The van der Waals surface area contributed by atoms with E-state index in [1.807, 2.05) is 69.3 Å². The highest BCUT2D eigenvalue weighted by Crippen LogP contribution is 2.35. The molecule has 4 rings (SSSR count). The molecule has 1 aliphatic heterocycles. The van der Waals surface area contributed by atoms with E-state index in [-0.39, 0.29) is 5.56 Å². The SMILES string of the molecule is CCOc1cc(Br)c(/C=c2\sc3n(c2=O)[C@@H](c2ccccc2)C(C(=O)OC)=C(CC)N=3)cc1OCC. The molecule has 0 spiro atoms. The normalized spacial score (nSPS) is 15.4. The van der Waals surface area contributed by atoms with Gasteiger partial charge in [0.2, 0.25) is 0 Å². The van der Waals surface area contributed by atoms with Crippen molar-refractivity contribution in [2.75, 3.05) is 20.3 Å². The quantitative estimate of drug-likeness (QED) is 0.376. The van der Waals surface area contributed by atoms with E-state index in [0.717, 1.165) is 15.6 Å². The zero-order valence-corrected chi connectivity index (χ0v) is 22.9. The van der Waals surface area contributed by atoms with E-state index in [0.29, 0.717) is 51.7 Å². The average molecular weight is 571 g/mol. The Hall–Kier alpha value is -3.17. The van der Waals surface area contributed by atoms with E-state index in [1.54, 1.807) is 4.57 Å². The van der Waals surface area contributed by atoms with Gasteiger partial charge in [0.15, 0.2) is 16.3 Å². The summed E-state index contributed by atoms with van der Waals surface area (Å²) in [5.74, 6) is 0.739. The number of aromatic nitrogens is 1. The maximum atomic E-state index is 13.8. The molecule has 7 nitrogen and oxygen atoms in total. The third kappa shape index (κ3) is 4.90. The second kappa shape index (κ2) is 11.3. The monoisotopic (exact) mass is 570 g/mol. The molecule has 1 atom stereocenters. The number of carbonyl (C=O) groups excluding carboxylic acids is 1. The molecule has 3 aromatic rings. The van der Waals surface area contributed by atoms with Gasteiger partial charge < -0.3 is 14.2 Å². The predicted molar refractivity (Wildman–Crippen MR) is 143 cm³/mol. The maximum absolute atomic E-state index is 13.8. The highest BCUT2D eigenvalue weighted by molar-refractivity contribution is 9.10. The van der Waals surface area contributed by atoms with Crippen molar-refractivity contribution in [1.29, 1.82) is 0 Å². The number of nitrogens with zero attached hydrogens (tertiary/aromatic N) is 2. The van der Waals surface area contributed by atoms with Crippen LogP contribution < -0.4 is 24.4 Å². The molecule has 2 heterocycles. The van der Waals surface area contributed by atoms with Crippen molar-refractivity contribution >= 4 is 39.3 Å². The molecule has 0 aliphatic carbocycles. The van der Waals surface area contributed by atoms with E-state index in [9.17, 15) is 9.59 Å². The van der Waals surface area contributed by atoms with Crippen LogP contribution in [-0.2, 0) is 9.53 Å². The van der Waals surface area contributed by atoms with Crippen molar-refractivity contribution in [3.8, 4) is 11.5 Å². The van der Waals surface area contributed by atoms with Crippen LogP contribution in [0.5, 0.6) is 11.5 Å². The molecular weight excluding hydrogens is 544 g/mol. The van der Waals surface area contributed by atoms with Crippen molar-refractivity contribution < 1.29 is 19.0 Å². The summed E-state index contributed by atoms with van der Waals surface area (Å²) in [5, 5.41) is 0. The number of carbonyl (C=O) groups is 1. The standard InChI is InChI=1S/C27H27BrN2O5S/c1-5-19-23(26(32)33-4)24(16-11-9-8-10-12-16)30-25(31)22(36-27(30)29-19)14-17-13-20(34-6-2)21(35-7-3)15-18(17)28/h8-15,24H,5-7H2,1-4H3/b22-14-/t24-/m0/s1. The van der Waals surface area contributed by atoms with Crippen molar-refractivity contribution in [2.45, 2.75) is 33.2 Å². The number of methoxy groups -OCH3 is 1. The first-order chi connectivity index (χ1) is 17.4. The van der Waals surface area contributed by atoms with Crippen LogP contribution >= 0.6 is 27.3 Å². The number of hydrogen-bond donors (Lipinski definition) is 0. The van der Waals surface area contributed by atoms with Crippen LogP contribution in [0.2, 0.25) is 0 Å². The molecule has 0 saturated heterocycles. The van der Waals surface area contributed by atoms with Crippen LogP contribution in [0.1, 0.15) is 44.4 Å². The molecule has 0 unspecified atom stereocenters. The fraction of sp³-hybridized carbons (Fsp3) is 0.296. The highest BCUT2D eigenvalue weighted by Gasteiger charge is 2.33. The zero-order valence-electron chi connectivity index (χ0n) is 20.5. The lowest BCUT2D eigenvalue weighted by molar-refractivity contribution is -0.136. The second-order valence-corrected chi connectivity index (χ2v) is 9.75. The fourth-order valence-electron chi connectivity index (χ4n) is 4.15. The van der Waals surface area contributed by atoms with E-state index >= 15 is 0 Å². The Morgan fingerprint density at radius 3 is 2.39 bits per heavy atom. The third-order valence-electron chi connectivity index (χ3n) is 5.71. The van der Waals surface area contributed by atoms with Gasteiger partial charge >= 0.3 is 5.97 Å². The van der Waals surface area contributed by atoms with E-state index in [2.05, 4.69) is 15.9 Å². The molecule has 0 N–H and O–H groups in total. The number of allylic oxidation sites excluding steroid dienone is 1. The van der Waals surface area contributed by atoms with Crippen LogP contribution in [0.15, 0.2) is 68.0 Å². The first-order valence-electron chi connectivity index (χ1n) is 11.7. The van der Waals surface area contributed by atoms with Crippen LogP contribution in [0.4, 0.5) is 0 Å². The van der Waals surface area contributed by atoms with Crippen molar-refractivity contribution in [2.24, 2.45) is 4.99 Å². The smallest absolute Gasteiger partial charge is 0.338 e. The highest BCUT2D eigenvalue weighted by atomic mass is 79.9. The summed E-state index contributed by atoms with van der Waals surface area (Å²) in [6.45, 7) is 6.74. The van der Waals surface area contributed by atoms with Crippen molar-refractivity contribution in [3.63, 3.8) is 0 Å². The van der Waals surface area contributed by atoms with Gasteiger partial charge in [0.05, 0.1) is 42.2 Å².